The average molecular weight is 408 g/mol. The van der Waals surface area contributed by atoms with Gasteiger partial charge in [0.05, 0.1) is 11.7 Å². The summed E-state index contributed by atoms with van der Waals surface area (Å²) in [5.41, 5.74) is 3.97. The Labute approximate surface area is 178 Å². The van der Waals surface area contributed by atoms with Crippen LogP contribution in [-0.4, -0.2) is 43.5 Å². The predicted octanol–water partition coefficient (Wildman–Crippen LogP) is 3.71. The summed E-state index contributed by atoms with van der Waals surface area (Å²) >= 11 is 0. The van der Waals surface area contributed by atoms with Gasteiger partial charge in [-0.25, -0.2) is 5.06 Å². The quantitative estimate of drug-likeness (QED) is 0.684. The number of unbranched alkanes of at least 4 members (excludes halogenated alkanes) is 1. The third kappa shape index (κ3) is 3.35. The zero-order chi connectivity index (χ0) is 21.4. The van der Waals surface area contributed by atoms with Crippen molar-refractivity contribution in [1.82, 2.24) is 4.90 Å². The molecule has 0 aromatic heterocycles. The second-order valence-corrected chi connectivity index (χ2v) is 8.28. The highest BCUT2D eigenvalue weighted by atomic mass is 16.7. The Morgan fingerprint density at radius 3 is 2.33 bits per heavy atom. The molecule has 0 spiro atoms. The number of hydrogen-bond donors (Lipinski definition) is 0. The highest BCUT2D eigenvalue weighted by molar-refractivity contribution is 6.07. The second-order valence-electron chi connectivity index (χ2n) is 8.28. The molecular formula is C24H29N3O3. The highest BCUT2D eigenvalue weighted by Gasteiger charge is 2.59. The molecule has 0 radical (unpaired) electrons. The number of para-hydroxylation sites is 1. The molecule has 2 heterocycles. The number of imide groups is 1. The van der Waals surface area contributed by atoms with E-state index in [0.29, 0.717) is 6.54 Å². The lowest BCUT2D eigenvalue weighted by atomic mass is 9.90. The number of benzene rings is 2. The Balaban J connectivity index is 1.75. The Morgan fingerprint density at radius 1 is 1.00 bits per heavy atom. The van der Waals surface area contributed by atoms with Crippen LogP contribution in [0.5, 0.6) is 0 Å². The fourth-order valence-corrected chi connectivity index (χ4v) is 4.34. The summed E-state index contributed by atoms with van der Waals surface area (Å²) in [6.45, 7) is 4.52. The molecule has 2 aromatic rings. The van der Waals surface area contributed by atoms with Gasteiger partial charge in [0.15, 0.2) is 6.10 Å². The van der Waals surface area contributed by atoms with E-state index in [1.807, 2.05) is 74.4 Å². The van der Waals surface area contributed by atoms with Crippen LogP contribution in [0.25, 0.3) is 0 Å². The Kier molecular flexibility index (Phi) is 5.52. The summed E-state index contributed by atoms with van der Waals surface area (Å²) in [6, 6.07) is 15.7. The molecule has 158 valence electrons. The standard InChI is InChI=1S/C24H29N3O3/c1-5-6-15-26-23(28)20-21(17-11-13-18(14-12-17)25(3)4)27(30-22(20)24(26)29)19-10-8-7-9-16(19)2/h7-14,20-22H,5-6,15H2,1-4H3. The van der Waals surface area contributed by atoms with Gasteiger partial charge in [-0.15, -0.1) is 0 Å². The smallest absolute Gasteiger partial charge is 0.261 e. The molecule has 0 aliphatic carbocycles. The number of fused-ring (bicyclic) bond motifs is 1. The predicted molar refractivity (Wildman–Crippen MR) is 117 cm³/mol. The highest BCUT2D eigenvalue weighted by Crippen LogP contribution is 2.47. The van der Waals surface area contributed by atoms with Crippen LogP contribution in [0.4, 0.5) is 11.4 Å². The van der Waals surface area contributed by atoms with Crippen molar-refractivity contribution < 1.29 is 14.4 Å². The maximum atomic E-state index is 13.3. The first-order valence-corrected chi connectivity index (χ1v) is 10.6. The number of carbonyl (C=O) groups is 2. The number of carbonyl (C=O) groups excluding carboxylic acids is 2. The molecule has 3 atom stereocenters. The zero-order valence-electron chi connectivity index (χ0n) is 18.0. The van der Waals surface area contributed by atoms with Gasteiger partial charge >= 0.3 is 0 Å². The maximum absolute atomic E-state index is 13.3. The minimum absolute atomic E-state index is 0.128. The first-order chi connectivity index (χ1) is 14.4. The average Bonchev–Trinajstić information content (AvgIpc) is 3.23. The summed E-state index contributed by atoms with van der Waals surface area (Å²) in [7, 11) is 3.99. The van der Waals surface area contributed by atoms with Gasteiger partial charge in [0.1, 0.15) is 5.92 Å². The van der Waals surface area contributed by atoms with E-state index in [9.17, 15) is 9.59 Å². The van der Waals surface area contributed by atoms with Crippen LogP contribution < -0.4 is 9.96 Å². The lowest BCUT2D eigenvalue weighted by Gasteiger charge is -2.30. The van der Waals surface area contributed by atoms with Crippen molar-refractivity contribution in [3.05, 3.63) is 59.7 Å². The van der Waals surface area contributed by atoms with Crippen LogP contribution in [0.3, 0.4) is 0 Å². The monoisotopic (exact) mass is 407 g/mol. The molecule has 0 bridgehead atoms. The molecule has 2 fully saturated rings. The van der Waals surface area contributed by atoms with Gasteiger partial charge in [-0.2, -0.15) is 0 Å². The van der Waals surface area contributed by atoms with E-state index in [1.54, 1.807) is 5.06 Å². The molecule has 2 aliphatic rings. The number of hydrogen-bond acceptors (Lipinski definition) is 5. The fraction of sp³-hybridized carbons (Fsp3) is 0.417. The zero-order valence-corrected chi connectivity index (χ0v) is 18.0. The van der Waals surface area contributed by atoms with Crippen LogP contribution in [0.1, 0.15) is 36.9 Å². The lowest BCUT2D eigenvalue weighted by Crippen LogP contribution is -2.38. The molecule has 6 heteroatoms. The second kappa shape index (κ2) is 8.11. The van der Waals surface area contributed by atoms with E-state index in [4.69, 9.17) is 4.84 Å². The summed E-state index contributed by atoms with van der Waals surface area (Å²) in [5.74, 6) is -0.889. The van der Waals surface area contributed by atoms with Gasteiger partial charge in [-0.1, -0.05) is 43.7 Å². The molecule has 6 nitrogen and oxygen atoms in total. The minimum Gasteiger partial charge on any atom is -0.378 e. The van der Waals surface area contributed by atoms with Crippen molar-refractivity contribution in [1.29, 1.82) is 0 Å². The van der Waals surface area contributed by atoms with Gasteiger partial charge in [-0.3, -0.25) is 19.3 Å². The van der Waals surface area contributed by atoms with Crippen molar-refractivity contribution in [2.45, 2.75) is 38.8 Å². The van der Waals surface area contributed by atoms with Gasteiger partial charge in [0.2, 0.25) is 5.91 Å². The molecule has 2 saturated heterocycles. The van der Waals surface area contributed by atoms with Crippen LogP contribution in [-0.2, 0) is 14.4 Å². The number of hydroxylamine groups is 1. The van der Waals surface area contributed by atoms with Crippen molar-refractivity contribution >= 4 is 23.2 Å². The molecule has 0 N–H and O–H groups in total. The Bertz CT molecular complexity index is 941. The molecule has 2 aliphatic heterocycles. The van der Waals surface area contributed by atoms with Crippen molar-refractivity contribution in [3.63, 3.8) is 0 Å². The van der Waals surface area contributed by atoms with E-state index in [0.717, 1.165) is 35.3 Å². The first-order valence-electron chi connectivity index (χ1n) is 10.6. The normalized spacial score (nSPS) is 23.3. The summed E-state index contributed by atoms with van der Waals surface area (Å²) in [5, 5.41) is 1.78. The molecule has 4 rings (SSSR count). The molecule has 30 heavy (non-hydrogen) atoms. The van der Waals surface area contributed by atoms with Crippen LogP contribution in [0.15, 0.2) is 48.5 Å². The van der Waals surface area contributed by atoms with Gasteiger partial charge < -0.3 is 4.90 Å². The summed E-state index contributed by atoms with van der Waals surface area (Å²) < 4.78 is 0. The van der Waals surface area contributed by atoms with Crippen LogP contribution >= 0.6 is 0 Å². The maximum Gasteiger partial charge on any atom is 0.261 e. The lowest BCUT2D eigenvalue weighted by molar-refractivity contribution is -0.143. The van der Waals surface area contributed by atoms with Crippen LogP contribution in [0.2, 0.25) is 0 Å². The van der Waals surface area contributed by atoms with E-state index in [2.05, 4.69) is 6.92 Å². The van der Waals surface area contributed by atoms with E-state index in [1.165, 1.54) is 4.90 Å². The third-order valence-electron chi connectivity index (χ3n) is 6.05. The van der Waals surface area contributed by atoms with Crippen molar-refractivity contribution in [2.75, 3.05) is 30.6 Å². The first kappa shape index (κ1) is 20.4. The Morgan fingerprint density at radius 2 is 1.70 bits per heavy atom. The van der Waals surface area contributed by atoms with E-state index in [-0.39, 0.29) is 17.9 Å². The van der Waals surface area contributed by atoms with Gasteiger partial charge in [0, 0.05) is 26.3 Å². The molecule has 2 amide bonds. The van der Waals surface area contributed by atoms with Crippen LogP contribution in [0, 0.1) is 12.8 Å². The molecule has 3 unspecified atom stereocenters. The number of likely N-dealkylation sites (tertiary alicyclic amines) is 1. The van der Waals surface area contributed by atoms with Gasteiger partial charge in [0.25, 0.3) is 5.91 Å². The number of aryl methyl sites for hydroxylation is 1. The minimum atomic E-state index is -0.771. The van der Waals surface area contributed by atoms with Crippen molar-refractivity contribution in [2.24, 2.45) is 5.92 Å². The molecule has 0 saturated carbocycles. The topological polar surface area (TPSA) is 53.1 Å². The van der Waals surface area contributed by atoms with Crippen molar-refractivity contribution in [3.8, 4) is 0 Å². The third-order valence-corrected chi connectivity index (χ3v) is 6.05. The van der Waals surface area contributed by atoms with E-state index >= 15 is 0 Å². The number of nitrogens with zero attached hydrogens (tertiary/aromatic N) is 3. The number of amides is 2. The molecular weight excluding hydrogens is 378 g/mol. The SMILES string of the molecule is CCCCN1C(=O)C2ON(c3ccccc3C)C(c3ccc(N(C)C)cc3)C2C1=O. The molecule has 2 aromatic carbocycles. The number of anilines is 2. The summed E-state index contributed by atoms with van der Waals surface area (Å²) in [6.07, 6.45) is 0.964. The largest absolute Gasteiger partial charge is 0.378 e. The number of rotatable bonds is 6. The fourth-order valence-electron chi connectivity index (χ4n) is 4.34. The van der Waals surface area contributed by atoms with E-state index < -0.39 is 12.0 Å². The Hall–Kier alpha value is -2.86. The van der Waals surface area contributed by atoms with Gasteiger partial charge in [-0.05, 0) is 42.7 Å². The summed E-state index contributed by atoms with van der Waals surface area (Å²) in [4.78, 5) is 36.0.